The lowest BCUT2D eigenvalue weighted by Gasteiger charge is -2.24. The maximum absolute atomic E-state index is 8.58. The minimum absolute atomic E-state index is 0.0933. The van der Waals surface area contributed by atoms with Crippen molar-refractivity contribution in [2.45, 2.75) is 20.8 Å². The second-order valence-electron chi connectivity index (χ2n) is 3.67. The van der Waals surface area contributed by atoms with E-state index in [1.807, 2.05) is 12.4 Å². The van der Waals surface area contributed by atoms with E-state index in [9.17, 15) is 0 Å². The Balaban J connectivity index is 4.41. The highest BCUT2D eigenvalue weighted by Crippen LogP contribution is 2.22. The third kappa shape index (κ3) is 4.18. The minimum atomic E-state index is -0.0933. The molecule has 0 saturated heterocycles. The summed E-state index contributed by atoms with van der Waals surface area (Å²) >= 11 is 0. The van der Waals surface area contributed by atoms with Crippen LogP contribution in [0.2, 0.25) is 0 Å². The summed E-state index contributed by atoms with van der Waals surface area (Å²) < 4.78 is 0. The molecule has 0 spiro atoms. The smallest absolute Gasteiger partial charge is 0.0626 e. The van der Waals surface area contributed by atoms with Crippen molar-refractivity contribution in [3.63, 3.8) is 0 Å². The molecule has 0 aliphatic rings. The maximum Gasteiger partial charge on any atom is 0.0626 e. The maximum atomic E-state index is 8.58. The van der Waals surface area contributed by atoms with Crippen molar-refractivity contribution < 1.29 is 5.11 Å². The van der Waals surface area contributed by atoms with Gasteiger partial charge in [-0.2, -0.15) is 0 Å². The van der Waals surface area contributed by atoms with Crippen molar-refractivity contribution in [1.82, 2.24) is 0 Å². The van der Waals surface area contributed by atoms with Crippen LogP contribution in [0, 0.1) is 11.3 Å². The van der Waals surface area contributed by atoms with Gasteiger partial charge < -0.3 is 5.11 Å². The molecule has 3 nitrogen and oxygen atoms in total. The molecular formula is C10H20N2O. The molecule has 0 aromatic carbocycles. The fourth-order valence-corrected chi connectivity index (χ4v) is 0.929. The summed E-state index contributed by atoms with van der Waals surface area (Å²) in [6.07, 6.45) is 3.78. The molecule has 0 aliphatic heterocycles. The van der Waals surface area contributed by atoms with Crippen molar-refractivity contribution in [1.29, 1.82) is 0 Å². The minimum Gasteiger partial charge on any atom is -0.394 e. The summed E-state index contributed by atoms with van der Waals surface area (Å²) in [5.74, 6) is 0.457. The standard InChI is InChI=1S/C10H20N2O/c1-9(2)10(3,7-11-4)8-12-5-6-13/h7-9,13H,5-6H2,1-4H3. The molecule has 0 amide bonds. The van der Waals surface area contributed by atoms with Gasteiger partial charge in [0.05, 0.1) is 13.2 Å². The lowest BCUT2D eigenvalue weighted by Crippen LogP contribution is -2.27. The molecule has 1 N–H and O–H groups in total. The molecule has 0 aromatic rings. The average Bonchev–Trinajstić information content (AvgIpc) is 2.05. The summed E-state index contributed by atoms with van der Waals surface area (Å²) in [7, 11) is 1.76. The number of aliphatic hydroxyl groups excluding tert-OH is 1. The van der Waals surface area contributed by atoms with E-state index in [1.54, 1.807) is 7.05 Å². The molecule has 13 heavy (non-hydrogen) atoms. The second-order valence-corrected chi connectivity index (χ2v) is 3.67. The molecule has 1 atom stereocenters. The fraction of sp³-hybridized carbons (Fsp3) is 0.800. The third-order valence-corrected chi connectivity index (χ3v) is 2.25. The van der Waals surface area contributed by atoms with Crippen LogP contribution in [-0.2, 0) is 0 Å². The monoisotopic (exact) mass is 184 g/mol. The quantitative estimate of drug-likeness (QED) is 0.645. The number of hydrogen-bond acceptors (Lipinski definition) is 3. The van der Waals surface area contributed by atoms with Gasteiger partial charge in [-0.1, -0.05) is 13.8 Å². The highest BCUT2D eigenvalue weighted by Gasteiger charge is 2.23. The van der Waals surface area contributed by atoms with E-state index in [0.29, 0.717) is 12.5 Å². The van der Waals surface area contributed by atoms with Crippen molar-refractivity contribution >= 4 is 12.4 Å². The van der Waals surface area contributed by atoms with E-state index >= 15 is 0 Å². The van der Waals surface area contributed by atoms with Gasteiger partial charge in [-0.15, -0.1) is 0 Å². The zero-order valence-electron chi connectivity index (χ0n) is 8.99. The molecule has 76 valence electrons. The van der Waals surface area contributed by atoms with Crippen LogP contribution in [0.1, 0.15) is 20.8 Å². The normalized spacial score (nSPS) is 17.4. The SMILES string of the molecule is CN=CC(C)(C=NCCO)C(C)C. The van der Waals surface area contributed by atoms with Gasteiger partial charge in [0, 0.05) is 24.9 Å². The van der Waals surface area contributed by atoms with E-state index in [2.05, 4.69) is 30.8 Å². The molecule has 0 aliphatic carbocycles. The first-order chi connectivity index (χ1) is 6.06. The molecule has 0 radical (unpaired) electrons. The van der Waals surface area contributed by atoms with Crippen molar-refractivity contribution in [2.24, 2.45) is 21.3 Å². The van der Waals surface area contributed by atoms with Crippen LogP contribution < -0.4 is 0 Å². The summed E-state index contributed by atoms with van der Waals surface area (Å²) in [5.41, 5.74) is -0.0933. The van der Waals surface area contributed by atoms with Crippen LogP contribution in [0.5, 0.6) is 0 Å². The van der Waals surface area contributed by atoms with Crippen LogP contribution in [0.4, 0.5) is 0 Å². The highest BCUT2D eigenvalue weighted by atomic mass is 16.3. The van der Waals surface area contributed by atoms with Crippen LogP contribution in [-0.4, -0.2) is 37.7 Å². The lowest BCUT2D eigenvalue weighted by molar-refractivity contribution is 0.306. The van der Waals surface area contributed by atoms with E-state index in [0.717, 1.165) is 0 Å². The van der Waals surface area contributed by atoms with Crippen molar-refractivity contribution in [2.75, 3.05) is 20.2 Å². The van der Waals surface area contributed by atoms with Crippen molar-refractivity contribution in [3.05, 3.63) is 0 Å². The predicted molar refractivity (Wildman–Crippen MR) is 57.8 cm³/mol. The third-order valence-electron chi connectivity index (χ3n) is 2.25. The van der Waals surface area contributed by atoms with Gasteiger partial charge in [0.15, 0.2) is 0 Å². The van der Waals surface area contributed by atoms with Gasteiger partial charge in [0.2, 0.25) is 0 Å². The fourth-order valence-electron chi connectivity index (χ4n) is 0.929. The summed E-state index contributed by atoms with van der Waals surface area (Å²) in [5, 5.41) is 8.58. The zero-order chi connectivity index (χ0) is 10.3. The molecule has 0 fully saturated rings. The highest BCUT2D eigenvalue weighted by molar-refractivity contribution is 5.88. The molecule has 3 heteroatoms. The Morgan fingerprint density at radius 1 is 1.38 bits per heavy atom. The van der Waals surface area contributed by atoms with Gasteiger partial charge in [-0.3, -0.25) is 9.98 Å². The Bertz CT molecular complexity index is 187. The first-order valence-electron chi connectivity index (χ1n) is 4.62. The summed E-state index contributed by atoms with van der Waals surface area (Å²) in [4.78, 5) is 8.16. The van der Waals surface area contributed by atoms with Crippen LogP contribution >= 0.6 is 0 Å². The second kappa shape index (κ2) is 5.86. The Morgan fingerprint density at radius 3 is 2.38 bits per heavy atom. The van der Waals surface area contributed by atoms with Gasteiger partial charge >= 0.3 is 0 Å². The Kier molecular flexibility index (Phi) is 5.55. The largest absolute Gasteiger partial charge is 0.394 e. The van der Waals surface area contributed by atoms with E-state index in [-0.39, 0.29) is 12.0 Å². The molecule has 0 aromatic heterocycles. The number of aliphatic hydroxyl groups is 1. The van der Waals surface area contributed by atoms with Crippen molar-refractivity contribution in [3.8, 4) is 0 Å². The molecule has 0 saturated carbocycles. The van der Waals surface area contributed by atoms with Gasteiger partial charge in [-0.25, -0.2) is 0 Å². The summed E-state index contributed by atoms with van der Waals surface area (Å²) in [6, 6.07) is 0. The predicted octanol–water partition coefficient (Wildman–Crippen LogP) is 1.41. The molecule has 0 bridgehead atoms. The molecular weight excluding hydrogens is 164 g/mol. The average molecular weight is 184 g/mol. The number of nitrogens with zero attached hydrogens (tertiary/aromatic N) is 2. The Hall–Kier alpha value is -0.700. The van der Waals surface area contributed by atoms with E-state index in [4.69, 9.17) is 5.11 Å². The van der Waals surface area contributed by atoms with Crippen LogP contribution in [0.25, 0.3) is 0 Å². The first-order valence-corrected chi connectivity index (χ1v) is 4.62. The molecule has 1 unspecified atom stereocenters. The van der Waals surface area contributed by atoms with Gasteiger partial charge in [0.25, 0.3) is 0 Å². The van der Waals surface area contributed by atoms with Crippen LogP contribution in [0.3, 0.4) is 0 Å². The number of aliphatic imine (C=N–C) groups is 2. The van der Waals surface area contributed by atoms with Gasteiger partial charge in [-0.05, 0) is 12.8 Å². The number of hydrogen-bond donors (Lipinski definition) is 1. The number of rotatable bonds is 5. The zero-order valence-corrected chi connectivity index (χ0v) is 8.99. The van der Waals surface area contributed by atoms with Crippen LogP contribution in [0.15, 0.2) is 9.98 Å². The Morgan fingerprint density at radius 2 is 2.00 bits per heavy atom. The Labute approximate surface area is 80.6 Å². The summed E-state index contributed by atoms with van der Waals surface area (Å²) in [6.45, 7) is 6.93. The molecule has 0 heterocycles. The first kappa shape index (κ1) is 12.3. The topological polar surface area (TPSA) is 45.0 Å². The lowest BCUT2D eigenvalue weighted by atomic mass is 9.81. The molecule has 0 rings (SSSR count). The van der Waals surface area contributed by atoms with Gasteiger partial charge in [0.1, 0.15) is 0 Å². The van der Waals surface area contributed by atoms with E-state index < -0.39 is 0 Å². The van der Waals surface area contributed by atoms with E-state index in [1.165, 1.54) is 0 Å².